The zero-order chi connectivity index (χ0) is 9.84. The fraction of sp³-hybridized carbons (Fsp3) is 0.889. The summed E-state index contributed by atoms with van der Waals surface area (Å²) in [6.07, 6.45) is 0.242. The van der Waals surface area contributed by atoms with Gasteiger partial charge in [-0.1, -0.05) is 13.8 Å². The van der Waals surface area contributed by atoms with Crippen LogP contribution in [0.1, 0.15) is 20.3 Å². The summed E-state index contributed by atoms with van der Waals surface area (Å²) in [6, 6.07) is 0.412. The molecule has 0 unspecified atom stereocenters. The summed E-state index contributed by atoms with van der Waals surface area (Å²) in [6.45, 7) is 7.45. The molecule has 13 heavy (non-hydrogen) atoms. The molecule has 1 aliphatic heterocycles. The summed E-state index contributed by atoms with van der Waals surface area (Å²) in [4.78, 5) is 14.6. The molecule has 1 heterocycles. The predicted molar refractivity (Wildman–Crippen MR) is 50.9 cm³/mol. The van der Waals surface area contributed by atoms with Gasteiger partial charge in [-0.05, 0) is 13.0 Å². The third-order valence-corrected chi connectivity index (χ3v) is 2.75. The van der Waals surface area contributed by atoms with E-state index in [1.54, 1.807) is 0 Å². The van der Waals surface area contributed by atoms with Gasteiger partial charge in [-0.3, -0.25) is 4.90 Å². The summed E-state index contributed by atoms with van der Waals surface area (Å²) in [5, 5.41) is 8.82. The van der Waals surface area contributed by atoms with Crippen molar-refractivity contribution in [1.29, 1.82) is 0 Å². The number of hydrogen-bond acceptors (Lipinski definition) is 2. The molecule has 4 nitrogen and oxygen atoms in total. The number of nitrogens with zero attached hydrogens (tertiary/aromatic N) is 2. The molecule has 1 aliphatic rings. The van der Waals surface area contributed by atoms with Crippen LogP contribution in [0, 0.1) is 0 Å². The molecule has 0 aromatic carbocycles. The van der Waals surface area contributed by atoms with Crippen molar-refractivity contribution < 1.29 is 9.90 Å². The van der Waals surface area contributed by atoms with Crippen molar-refractivity contribution in [2.24, 2.45) is 0 Å². The van der Waals surface area contributed by atoms with Crippen LogP contribution in [0.3, 0.4) is 0 Å². The molecular weight excluding hydrogens is 168 g/mol. The fourth-order valence-corrected chi connectivity index (χ4v) is 1.87. The van der Waals surface area contributed by atoms with E-state index in [0.717, 1.165) is 19.5 Å². The molecule has 4 heteroatoms. The zero-order valence-corrected chi connectivity index (χ0v) is 8.36. The number of likely N-dealkylation sites (N-methyl/N-ethyl adjacent to an activating group) is 1. The molecule has 1 N–H and O–H groups in total. The first-order chi connectivity index (χ1) is 6.19. The zero-order valence-electron chi connectivity index (χ0n) is 8.36. The van der Waals surface area contributed by atoms with Crippen LogP contribution in [0.25, 0.3) is 0 Å². The maximum Gasteiger partial charge on any atom is 0.407 e. The van der Waals surface area contributed by atoms with Crippen molar-refractivity contribution in [3.8, 4) is 0 Å². The quantitative estimate of drug-likeness (QED) is 0.701. The Kier molecular flexibility index (Phi) is 3.54. The molecule has 1 amide bonds. The van der Waals surface area contributed by atoms with E-state index >= 15 is 0 Å². The molecule has 0 saturated carbocycles. The van der Waals surface area contributed by atoms with Gasteiger partial charge in [0.25, 0.3) is 0 Å². The van der Waals surface area contributed by atoms with Crippen molar-refractivity contribution in [1.82, 2.24) is 9.80 Å². The van der Waals surface area contributed by atoms with Gasteiger partial charge in [-0.25, -0.2) is 4.79 Å². The lowest BCUT2D eigenvalue weighted by Gasteiger charge is -2.39. The molecule has 0 spiro atoms. The monoisotopic (exact) mass is 186 g/mol. The Bertz CT molecular complexity index is 184. The number of rotatable bonds is 2. The summed E-state index contributed by atoms with van der Waals surface area (Å²) in [7, 11) is 0. The van der Waals surface area contributed by atoms with Crippen LogP contribution in [0.5, 0.6) is 0 Å². The summed E-state index contributed by atoms with van der Waals surface area (Å²) >= 11 is 0. The van der Waals surface area contributed by atoms with Gasteiger partial charge >= 0.3 is 6.09 Å². The summed E-state index contributed by atoms with van der Waals surface area (Å²) in [5.74, 6) is 0. The lowest BCUT2D eigenvalue weighted by atomic mass is 10.1. The van der Waals surface area contributed by atoms with Gasteiger partial charge in [-0.2, -0.15) is 0 Å². The average Bonchev–Trinajstić information content (AvgIpc) is 2.16. The lowest BCUT2D eigenvalue weighted by Crippen LogP contribution is -2.54. The molecule has 0 bridgehead atoms. The maximum atomic E-state index is 10.7. The highest BCUT2D eigenvalue weighted by molar-refractivity contribution is 5.65. The van der Waals surface area contributed by atoms with Crippen LogP contribution >= 0.6 is 0 Å². The molecule has 0 aliphatic carbocycles. The second-order valence-corrected chi connectivity index (χ2v) is 3.42. The highest BCUT2D eigenvalue weighted by Crippen LogP contribution is 2.12. The molecule has 0 radical (unpaired) electrons. The minimum Gasteiger partial charge on any atom is -0.465 e. The van der Waals surface area contributed by atoms with Gasteiger partial charge in [0.1, 0.15) is 0 Å². The Balaban J connectivity index is 2.52. The lowest BCUT2D eigenvalue weighted by molar-refractivity contribution is 0.0703. The second kappa shape index (κ2) is 4.46. The third kappa shape index (κ3) is 2.34. The van der Waals surface area contributed by atoms with Gasteiger partial charge < -0.3 is 10.0 Å². The molecule has 76 valence electrons. The van der Waals surface area contributed by atoms with Crippen LogP contribution in [-0.4, -0.2) is 53.2 Å². The van der Waals surface area contributed by atoms with Gasteiger partial charge in [0.05, 0.1) is 0 Å². The molecule has 1 fully saturated rings. The maximum absolute atomic E-state index is 10.7. The molecule has 1 saturated heterocycles. The van der Waals surface area contributed by atoms with Crippen LogP contribution < -0.4 is 0 Å². The fourth-order valence-electron chi connectivity index (χ4n) is 1.87. The molecule has 1 rings (SSSR count). The van der Waals surface area contributed by atoms with E-state index in [2.05, 4.69) is 18.7 Å². The van der Waals surface area contributed by atoms with E-state index in [9.17, 15) is 4.79 Å². The molecule has 1 atom stereocenters. The number of piperazine rings is 1. The smallest absolute Gasteiger partial charge is 0.407 e. The van der Waals surface area contributed by atoms with Crippen LogP contribution in [-0.2, 0) is 0 Å². The van der Waals surface area contributed by atoms with Crippen molar-refractivity contribution in [3.63, 3.8) is 0 Å². The minimum atomic E-state index is -0.783. The van der Waals surface area contributed by atoms with Crippen molar-refractivity contribution in [2.75, 3.05) is 26.2 Å². The Morgan fingerprint density at radius 1 is 1.46 bits per heavy atom. The highest BCUT2D eigenvalue weighted by Gasteiger charge is 2.26. The van der Waals surface area contributed by atoms with Crippen molar-refractivity contribution >= 4 is 6.09 Å². The Hall–Kier alpha value is -0.770. The highest BCUT2D eigenvalue weighted by atomic mass is 16.4. The molecule has 0 aromatic rings. The van der Waals surface area contributed by atoms with Gasteiger partial charge in [0.2, 0.25) is 0 Å². The summed E-state index contributed by atoms with van der Waals surface area (Å²) in [5.41, 5.74) is 0. The van der Waals surface area contributed by atoms with Crippen LogP contribution in [0.4, 0.5) is 4.79 Å². The van der Waals surface area contributed by atoms with E-state index in [4.69, 9.17) is 5.11 Å². The van der Waals surface area contributed by atoms with E-state index in [1.165, 1.54) is 4.90 Å². The first-order valence-electron chi connectivity index (χ1n) is 4.91. The standard InChI is InChI=1S/C9H18N2O2/c1-3-8-7-11(9(12)13)6-5-10(8)4-2/h8H,3-7H2,1-2H3,(H,12,13)/t8-/m0/s1. The number of carboxylic acid groups (broad SMARTS) is 1. The van der Waals surface area contributed by atoms with E-state index in [0.29, 0.717) is 19.1 Å². The van der Waals surface area contributed by atoms with Crippen molar-refractivity contribution in [2.45, 2.75) is 26.3 Å². The predicted octanol–water partition coefficient (Wildman–Crippen LogP) is 1.08. The minimum absolute atomic E-state index is 0.412. The Morgan fingerprint density at radius 2 is 2.15 bits per heavy atom. The summed E-state index contributed by atoms with van der Waals surface area (Å²) < 4.78 is 0. The van der Waals surface area contributed by atoms with Gasteiger partial charge in [0.15, 0.2) is 0 Å². The largest absolute Gasteiger partial charge is 0.465 e. The van der Waals surface area contributed by atoms with Crippen LogP contribution in [0.2, 0.25) is 0 Å². The number of amides is 1. The first-order valence-corrected chi connectivity index (χ1v) is 4.91. The van der Waals surface area contributed by atoms with Crippen molar-refractivity contribution in [3.05, 3.63) is 0 Å². The topological polar surface area (TPSA) is 43.8 Å². The molecule has 0 aromatic heterocycles. The van der Waals surface area contributed by atoms with Crippen LogP contribution in [0.15, 0.2) is 0 Å². The SMILES string of the molecule is CC[C@H]1CN(C(=O)O)CCN1CC. The molecular formula is C9H18N2O2. The Labute approximate surface area is 79.1 Å². The third-order valence-electron chi connectivity index (χ3n) is 2.75. The Morgan fingerprint density at radius 3 is 2.62 bits per heavy atom. The van der Waals surface area contributed by atoms with Gasteiger partial charge in [-0.15, -0.1) is 0 Å². The second-order valence-electron chi connectivity index (χ2n) is 3.42. The van der Waals surface area contributed by atoms with E-state index in [1.807, 2.05) is 0 Å². The number of carbonyl (C=O) groups is 1. The average molecular weight is 186 g/mol. The first kappa shape index (κ1) is 10.3. The van der Waals surface area contributed by atoms with Gasteiger partial charge in [0, 0.05) is 25.7 Å². The normalized spacial score (nSPS) is 24.8. The van der Waals surface area contributed by atoms with E-state index in [-0.39, 0.29) is 0 Å². The number of hydrogen-bond donors (Lipinski definition) is 1. The van der Waals surface area contributed by atoms with E-state index < -0.39 is 6.09 Å².